The number of halogens is 3. The second-order valence-corrected chi connectivity index (χ2v) is 9.78. The predicted octanol–water partition coefficient (Wildman–Crippen LogP) is 7.08. The van der Waals surface area contributed by atoms with Gasteiger partial charge >= 0.3 is 0 Å². The molecule has 1 aliphatic heterocycles. The maximum atomic E-state index is 12.1. The summed E-state index contributed by atoms with van der Waals surface area (Å²) in [6.45, 7) is 5.11. The molecule has 7 nitrogen and oxygen atoms in total. The van der Waals surface area contributed by atoms with Crippen molar-refractivity contribution in [2.75, 3.05) is 17.2 Å². The second kappa shape index (κ2) is 15.9. The number of anilines is 1. The monoisotopic (exact) mass is 568 g/mol. The predicted molar refractivity (Wildman–Crippen MR) is 164 cm³/mol. The van der Waals surface area contributed by atoms with Gasteiger partial charge in [-0.2, -0.15) is 5.10 Å². The van der Waals surface area contributed by atoms with Gasteiger partial charge in [-0.25, -0.2) is 9.98 Å². The lowest BCUT2D eigenvalue weighted by molar-refractivity contribution is -0.00618. The van der Waals surface area contributed by atoms with Gasteiger partial charge in [0.15, 0.2) is 10.9 Å². The lowest BCUT2D eigenvalue weighted by Gasteiger charge is -2.30. The molecule has 3 aromatic carbocycles. The Balaban J connectivity index is 0.00000280. The highest BCUT2D eigenvalue weighted by atomic mass is 32.2. The summed E-state index contributed by atoms with van der Waals surface area (Å²) in [4.78, 5) is 14.3. The van der Waals surface area contributed by atoms with Crippen molar-refractivity contribution in [3.8, 4) is 5.75 Å². The molecule has 0 unspecified atom stereocenters. The summed E-state index contributed by atoms with van der Waals surface area (Å²) < 4.78 is 12.1. The first-order chi connectivity index (χ1) is 18.5. The van der Waals surface area contributed by atoms with E-state index in [1.807, 2.05) is 24.3 Å². The van der Waals surface area contributed by atoms with Crippen molar-refractivity contribution in [3.05, 3.63) is 95.1 Å². The van der Waals surface area contributed by atoms with Crippen LogP contribution in [0.3, 0.4) is 0 Å². The topological polar surface area (TPSA) is 87.9 Å². The van der Waals surface area contributed by atoms with E-state index in [2.05, 4.69) is 74.2 Å². The number of nitrogens with zero attached hydrogens (tertiary/aromatic N) is 5. The van der Waals surface area contributed by atoms with Gasteiger partial charge in [0.1, 0.15) is 12.2 Å². The molecule has 0 radical (unpaired) electrons. The van der Waals surface area contributed by atoms with Crippen LogP contribution in [-0.4, -0.2) is 35.9 Å². The van der Waals surface area contributed by atoms with E-state index in [0.717, 1.165) is 40.7 Å². The number of aliphatic imine (C=N–C) groups is 2. The molecule has 1 fully saturated rings. The van der Waals surface area contributed by atoms with E-state index in [0.29, 0.717) is 11.5 Å². The number of benzene rings is 3. The first-order valence-corrected chi connectivity index (χ1v) is 13.1. The van der Waals surface area contributed by atoms with Crippen LogP contribution in [0.2, 0.25) is 0 Å². The largest absolute Gasteiger partial charge is 0.383 e. The third kappa shape index (κ3) is 8.84. The highest BCUT2D eigenvalue weighted by Crippen LogP contribution is 2.29. The van der Waals surface area contributed by atoms with Gasteiger partial charge < -0.3 is 10.6 Å². The molecule has 1 heterocycles. The lowest BCUT2D eigenvalue weighted by atomic mass is 10.1. The summed E-state index contributed by atoms with van der Waals surface area (Å²) in [7, 11) is 0. The van der Waals surface area contributed by atoms with E-state index in [4.69, 9.17) is 5.73 Å². The van der Waals surface area contributed by atoms with Gasteiger partial charge in [-0.1, -0.05) is 65.9 Å². The highest BCUT2D eigenvalue weighted by molar-refractivity contribution is 8.14. The van der Waals surface area contributed by atoms with Gasteiger partial charge in [0.2, 0.25) is 0 Å². The molecule has 11 heteroatoms. The number of para-hydroxylation sites is 1. The molecule has 210 valence electrons. The number of nitrogens with two attached hydrogens (primary N) is 1. The van der Waals surface area contributed by atoms with Crippen LogP contribution in [0, 0.1) is 0 Å². The van der Waals surface area contributed by atoms with Crippen molar-refractivity contribution >= 4 is 52.8 Å². The molecular formula is C29H31F3N6OS. The van der Waals surface area contributed by atoms with E-state index >= 15 is 0 Å². The lowest BCUT2D eigenvalue weighted by Crippen LogP contribution is -2.34. The Bertz CT molecular complexity index is 1390. The van der Waals surface area contributed by atoms with E-state index in [9.17, 15) is 4.53 Å². The first kappa shape index (κ1) is 31.8. The average Bonchev–Trinajstić information content (AvgIpc) is 2.94. The summed E-state index contributed by atoms with van der Waals surface area (Å²) in [6, 6.07) is 22.1. The Kier molecular flexibility index (Phi) is 12.6. The van der Waals surface area contributed by atoms with Crippen molar-refractivity contribution in [2.24, 2.45) is 25.9 Å². The van der Waals surface area contributed by atoms with Crippen molar-refractivity contribution in [3.63, 3.8) is 0 Å². The number of amidine groups is 2. The number of hydrogen-bond donors (Lipinski definition) is 1. The minimum Gasteiger partial charge on any atom is -0.383 e. The fourth-order valence-electron chi connectivity index (χ4n) is 3.73. The summed E-state index contributed by atoms with van der Waals surface area (Å²) in [6.07, 6.45) is 6.37. The van der Waals surface area contributed by atoms with Gasteiger partial charge in [0.25, 0.3) is 0 Å². The quantitative estimate of drug-likeness (QED) is 0.179. The molecule has 0 aromatic heterocycles. The van der Waals surface area contributed by atoms with E-state index in [-0.39, 0.29) is 15.2 Å². The second-order valence-electron chi connectivity index (χ2n) is 8.71. The van der Waals surface area contributed by atoms with Crippen LogP contribution in [0.4, 0.5) is 25.3 Å². The minimum atomic E-state index is 0. The van der Waals surface area contributed by atoms with E-state index < -0.39 is 0 Å². The molecule has 0 amide bonds. The third-order valence-electron chi connectivity index (χ3n) is 5.55. The summed E-state index contributed by atoms with van der Waals surface area (Å²) in [5, 5.41) is 9.82. The van der Waals surface area contributed by atoms with E-state index in [1.165, 1.54) is 29.6 Å². The van der Waals surface area contributed by atoms with Crippen molar-refractivity contribution in [2.45, 2.75) is 20.3 Å². The maximum absolute atomic E-state index is 12.1. The Morgan fingerprint density at radius 3 is 2.42 bits per heavy atom. The van der Waals surface area contributed by atoms with Gasteiger partial charge in [0, 0.05) is 22.4 Å². The van der Waals surface area contributed by atoms with Crippen LogP contribution < -0.4 is 15.6 Å². The molecule has 0 spiro atoms. The Morgan fingerprint density at radius 2 is 1.73 bits per heavy atom. The van der Waals surface area contributed by atoms with Gasteiger partial charge in [-0.15, -0.1) is 5.10 Å². The maximum Gasteiger partial charge on any atom is 0.190 e. The van der Waals surface area contributed by atoms with E-state index in [1.54, 1.807) is 30.1 Å². The number of allylic oxidation sites excluding steroid dienone is 1. The summed E-state index contributed by atoms with van der Waals surface area (Å²) in [5.74, 6) is 1.45. The molecule has 0 saturated carbocycles. The SMILES string of the molecule is CC(C)=Cc1ccccc1N1CCCS/C1=N\N=C\c1ccc(C(N)=NC=Nc2ccc(OF)cc2)cc1.F.F. The number of thioether (sulfide) groups is 1. The smallest absolute Gasteiger partial charge is 0.190 e. The van der Waals surface area contributed by atoms with Crippen LogP contribution in [-0.2, 0) is 0 Å². The fraction of sp³-hybridized carbons (Fsp3) is 0.172. The highest BCUT2D eigenvalue weighted by Gasteiger charge is 2.20. The zero-order valence-electron chi connectivity index (χ0n) is 22.1. The van der Waals surface area contributed by atoms with Crippen LogP contribution in [0.25, 0.3) is 6.08 Å². The molecule has 2 N–H and O–H groups in total. The van der Waals surface area contributed by atoms with Gasteiger partial charge in [-0.05, 0) is 61.7 Å². The molecule has 3 aromatic rings. The Hall–Kier alpha value is -4.38. The molecule has 0 atom stereocenters. The van der Waals surface area contributed by atoms with Gasteiger partial charge in [0.05, 0.1) is 17.6 Å². The van der Waals surface area contributed by atoms with Crippen molar-refractivity contribution in [1.29, 1.82) is 0 Å². The molecular weight excluding hydrogens is 537 g/mol. The summed E-state index contributed by atoms with van der Waals surface area (Å²) >= 11 is 1.72. The zero-order chi connectivity index (χ0) is 26.7. The zero-order valence-corrected chi connectivity index (χ0v) is 22.9. The minimum absolute atomic E-state index is 0. The van der Waals surface area contributed by atoms with Gasteiger partial charge in [-0.3, -0.25) is 14.4 Å². The van der Waals surface area contributed by atoms with Crippen molar-refractivity contribution < 1.29 is 18.9 Å². The number of rotatable bonds is 8. The average molecular weight is 569 g/mol. The first-order valence-electron chi connectivity index (χ1n) is 12.1. The molecule has 0 bridgehead atoms. The molecule has 4 rings (SSSR count). The standard InChI is InChI=1S/C29H29FN6OS.2FH/c1-21(2)18-24-6-3-4-7-27(24)36-16-5-17-38-29(36)35-34-19-22-8-10-23(11-9-22)28(31)33-20-32-25-12-14-26(37-30)15-13-25;;/h3-4,6-15,18-20H,5,16-17H2,1-2H3,(H2,31,32,33);2*1H/b34-19+,35-29-;;. The molecule has 1 saturated heterocycles. The number of hydrogen-bond acceptors (Lipinski definition) is 5. The van der Waals surface area contributed by atoms with Crippen LogP contribution >= 0.6 is 11.8 Å². The molecule has 0 aliphatic carbocycles. The van der Waals surface area contributed by atoms with Crippen LogP contribution in [0.5, 0.6) is 5.75 Å². The Labute approximate surface area is 235 Å². The fourth-order valence-corrected chi connectivity index (χ4v) is 4.64. The normalized spacial score (nSPS) is 14.6. The van der Waals surface area contributed by atoms with Crippen LogP contribution in [0.1, 0.15) is 37.0 Å². The third-order valence-corrected chi connectivity index (χ3v) is 6.60. The van der Waals surface area contributed by atoms with Crippen LogP contribution in [0.15, 0.2) is 98.6 Å². The van der Waals surface area contributed by atoms with Crippen molar-refractivity contribution in [1.82, 2.24) is 0 Å². The summed E-state index contributed by atoms with van der Waals surface area (Å²) in [5.41, 5.74) is 11.9. The molecule has 40 heavy (non-hydrogen) atoms. The molecule has 1 aliphatic rings. The Morgan fingerprint density at radius 1 is 1.00 bits per heavy atom.